The van der Waals surface area contributed by atoms with E-state index < -0.39 is 0 Å². The van der Waals surface area contributed by atoms with Crippen molar-refractivity contribution >= 4 is 39.0 Å². The Kier molecular flexibility index (Phi) is 6.20. The van der Waals surface area contributed by atoms with Crippen LogP contribution in [0.3, 0.4) is 0 Å². The van der Waals surface area contributed by atoms with Crippen LogP contribution in [0.5, 0.6) is 0 Å². The molecule has 0 aliphatic carbocycles. The second-order valence-corrected chi connectivity index (χ2v) is 8.12. The molecule has 0 bridgehead atoms. The molecule has 1 aliphatic rings. The average Bonchev–Trinajstić information content (AvgIpc) is 2.74. The lowest BCUT2D eigenvalue weighted by Gasteiger charge is -2.30. The van der Waals surface area contributed by atoms with Crippen molar-refractivity contribution in [2.75, 3.05) is 26.2 Å². The molecule has 1 N–H and O–H groups in total. The minimum atomic E-state index is 0.988. The van der Waals surface area contributed by atoms with Crippen molar-refractivity contribution in [1.82, 2.24) is 5.01 Å². The number of rotatable bonds is 5. The highest BCUT2D eigenvalue weighted by molar-refractivity contribution is 9.12. The number of hydrazone groups is 1. The van der Waals surface area contributed by atoms with Gasteiger partial charge in [-0.2, -0.15) is 5.10 Å². The number of hydrogen-bond donors (Lipinski definition) is 1. The van der Waals surface area contributed by atoms with Gasteiger partial charge in [-0.3, -0.25) is 5.01 Å². The summed E-state index contributed by atoms with van der Waals surface area (Å²) in [5.41, 5.74) is 2.61. The van der Waals surface area contributed by atoms with Gasteiger partial charge in [0.1, 0.15) is 6.54 Å². The summed E-state index contributed by atoms with van der Waals surface area (Å²) in [7, 11) is 0. The lowest BCUT2D eigenvalue weighted by Crippen LogP contribution is -3.13. The van der Waals surface area contributed by atoms with Gasteiger partial charge in [-0.15, -0.1) is 0 Å². The standard InChI is InChI=1S/C24H24BrN3/c25-23(17-20-7-2-1-3-8-20)18-26-28-15-13-27(14-16-28)19-22-11-6-10-21-9-4-5-12-24(21)22/h1-12,17-18H,13-16,19H2/p+1/b23-17+,26-18+. The minimum Gasteiger partial charge on any atom is -0.328 e. The zero-order valence-electron chi connectivity index (χ0n) is 15.9. The molecule has 0 aromatic heterocycles. The summed E-state index contributed by atoms with van der Waals surface area (Å²) < 4.78 is 0.990. The topological polar surface area (TPSA) is 20.0 Å². The number of nitrogens with one attached hydrogen (secondary N) is 1. The Labute approximate surface area is 175 Å². The Morgan fingerprint density at radius 2 is 1.64 bits per heavy atom. The monoisotopic (exact) mass is 434 g/mol. The maximum absolute atomic E-state index is 4.65. The molecule has 3 aromatic carbocycles. The maximum Gasteiger partial charge on any atom is 0.104 e. The molecule has 0 atom stereocenters. The lowest BCUT2D eigenvalue weighted by atomic mass is 10.0. The maximum atomic E-state index is 4.65. The molecule has 0 amide bonds. The number of halogens is 1. The first-order chi connectivity index (χ1) is 13.8. The van der Waals surface area contributed by atoms with Crippen molar-refractivity contribution in [3.05, 3.63) is 88.4 Å². The van der Waals surface area contributed by atoms with Crippen LogP contribution in [0, 0.1) is 0 Å². The van der Waals surface area contributed by atoms with Crippen LogP contribution in [0.25, 0.3) is 16.8 Å². The fourth-order valence-corrected chi connectivity index (χ4v) is 4.06. The van der Waals surface area contributed by atoms with Gasteiger partial charge in [0.2, 0.25) is 0 Å². The van der Waals surface area contributed by atoms with Gasteiger partial charge >= 0.3 is 0 Å². The van der Waals surface area contributed by atoms with Crippen LogP contribution < -0.4 is 4.90 Å². The van der Waals surface area contributed by atoms with Gasteiger partial charge in [-0.05, 0) is 38.3 Å². The van der Waals surface area contributed by atoms with Crippen molar-refractivity contribution < 1.29 is 4.90 Å². The molecule has 4 rings (SSSR count). The molecule has 0 spiro atoms. The highest BCUT2D eigenvalue weighted by Gasteiger charge is 2.19. The Bertz CT molecular complexity index is 968. The summed E-state index contributed by atoms with van der Waals surface area (Å²) in [6.45, 7) is 5.28. The number of nitrogens with zero attached hydrogens (tertiary/aromatic N) is 2. The molecular weight excluding hydrogens is 410 g/mol. The SMILES string of the molecule is BrC(/C=N/N1CC[NH+](Cc2cccc3ccccc23)CC1)=C/c1ccccc1. The summed E-state index contributed by atoms with van der Waals surface area (Å²) in [6, 6.07) is 25.6. The number of hydrogen-bond acceptors (Lipinski definition) is 2. The molecule has 1 fully saturated rings. The molecule has 3 aromatic rings. The second-order valence-electron chi connectivity index (χ2n) is 7.20. The summed E-state index contributed by atoms with van der Waals surface area (Å²) in [5, 5.41) is 9.54. The van der Waals surface area contributed by atoms with Gasteiger partial charge in [0, 0.05) is 10.0 Å². The molecule has 142 valence electrons. The molecule has 28 heavy (non-hydrogen) atoms. The molecule has 3 nitrogen and oxygen atoms in total. The Morgan fingerprint density at radius 1 is 0.929 bits per heavy atom. The molecule has 1 heterocycles. The predicted molar refractivity (Wildman–Crippen MR) is 122 cm³/mol. The van der Waals surface area contributed by atoms with E-state index in [1.807, 2.05) is 24.4 Å². The van der Waals surface area contributed by atoms with Crippen LogP contribution in [-0.2, 0) is 6.54 Å². The third-order valence-corrected chi connectivity index (χ3v) is 5.65. The van der Waals surface area contributed by atoms with Gasteiger partial charge in [0.25, 0.3) is 0 Å². The molecule has 0 unspecified atom stereocenters. The normalized spacial score (nSPS) is 16.2. The van der Waals surface area contributed by atoms with Crippen LogP contribution in [0.2, 0.25) is 0 Å². The first kappa shape index (κ1) is 18.9. The Hall–Kier alpha value is -2.43. The predicted octanol–water partition coefficient (Wildman–Crippen LogP) is 3.96. The quantitative estimate of drug-likeness (QED) is 0.602. The van der Waals surface area contributed by atoms with Crippen molar-refractivity contribution in [2.24, 2.45) is 5.10 Å². The fourth-order valence-electron chi connectivity index (χ4n) is 3.70. The largest absolute Gasteiger partial charge is 0.328 e. The number of piperazine rings is 1. The van der Waals surface area contributed by atoms with Crippen molar-refractivity contribution in [3.8, 4) is 0 Å². The molecule has 4 heteroatoms. The molecule has 0 radical (unpaired) electrons. The highest BCUT2D eigenvalue weighted by Crippen LogP contribution is 2.17. The van der Waals surface area contributed by atoms with E-state index in [0.717, 1.165) is 37.2 Å². The van der Waals surface area contributed by atoms with Gasteiger partial charge in [-0.1, -0.05) is 72.8 Å². The van der Waals surface area contributed by atoms with Gasteiger partial charge in [0.15, 0.2) is 0 Å². The van der Waals surface area contributed by atoms with E-state index in [9.17, 15) is 0 Å². The van der Waals surface area contributed by atoms with E-state index >= 15 is 0 Å². The Balaban J connectivity index is 1.33. The van der Waals surface area contributed by atoms with E-state index in [1.54, 1.807) is 4.90 Å². The number of allylic oxidation sites excluding steroid dienone is 1. The molecular formula is C24H25BrN3+. The fraction of sp³-hybridized carbons (Fsp3) is 0.208. The molecule has 1 saturated heterocycles. The summed E-state index contributed by atoms with van der Waals surface area (Å²) in [5.74, 6) is 0. The smallest absolute Gasteiger partial charge is 0.104 e. The zero-order valence-corrected chi connectivity index (χ0v) is 17.5. The van der Waals surface area contributed by atoms with Gasteiger partial charge in [-0.25, -0.2) is 0 Å². The minimum absolute atomic E-state index is 0.988. The van der Waals surface area contributed by atoms with Gasteiger partial charge < -0.3 is 4.90 Å². The van der Waals surface area contributed by atoms with E-state index in [2.05, 4.69) is 86.7 Å². The van der Waals surface area contributed by atoms with Crippen LogP contribution in [-0.4, -0.2) is 37.4 Å². The van der Waals surface area contributed by atoms with Gasteiger partial charge in [0.05, 0.1) is 32.4 Å². The number of quaternary nitrogens is 1. The van der Waals surface area contributed by atoms with E-state index in [-0.39, 0.29) is 0 Å². The van der Waals surface area contributed by atoms with Crippen molar-refractivity contribution in [1.29, 1.82) is 0 Å². The van der Waals surface area contributed by atoms with Crippen LogP contribution >= 0.6 is 15.9 Å². The second kappa shape index (κ2) is 9.18. The third kappa shape index (κ3) is 4.89. The Morgan fingerprint density at radius 3 is 2.46 bits per heavy atom. The average molecular weight is 435 g/mol. The first-order valence-corrected chi connectivity index (χ1v) is 10.6. The van der Waals surface area contributed by atoms with E-state index in [4.69, 9.17) is 0 Å². The van der Waals surface area contributed by atoms with Crippen LogP contribution in [0.15, 0.2) is 82.4 Å². The summed E-state index contributed by atoms with van der Waals surface area (Å²) in [6.07, 6.45) is 3.99. The zero-order chi connectivity index (χ0) is 19.2. The highest BCUT2D eigenvalue weighted by atomic mass is 79.9. The molecule has 1 aliphatic heterocycles. The lowest BCUT2D eigenvalue weighted by molar-refractivity contribution is -0.918. The molecule has 0 saturated carbocycles. The summed E-state index contributed by atoms with van der Waals surface area (Å²) in [4.78, 5) is 1.63. The van der Waals surface area contributed by atoms with Crippen molar-refractivity contribution in [3.63, 3.8) is 0 Å². The van der Waals surface area contributed by atoms with Crippen LogP contribution in [0.4, 0.5) is 0 Å². The number of fused-ring (bicyclic) bond motifs is 1. The number of benzene rings is 3. The van der Waals surface area contributed by atoms with E-state index in [0.29, 0.717) is 0 Å². The third-order valence-electron chi connectivity index (χ3n) is 5.22. The van der Waals surface area contributed by atoms with Crippen LogP contribution in [0.1, 0.15) is 11.1 Å². The van der Waals surface area contributed by atoms with E-state index in [1.165, 1.54) is 21.9 Å². The van der Waals surface area contributed by atoms with Crippen molar-refractivity contribution in [2.45, 2.75) is 6.54 Å². The first-order valence-electron chi connectivity index (χ1n) is 9.79. The summed E-state index contributed by atoms with van der Waals surface area (Å²) >= 11 is 3.60.